The van der Waals surface area contributed by atoms with Gasteiger partial charge >= 0.3 is 0 Å². The van der Waals surface area contributed by atoms with Crippen LogP contribution in [0.3, 0.4) is 0 Å². The zero-order chi connectivity index (χ0) is 11.0. The molecular formula is C11H12N4S. The highest BCUT2D eigenvalue weighted by Gasteiger charge is 2.19. The monoisotopic (exact) mass is 232 g/mol. The van der Waals surface area contributed by atoms with Crippen molar-refractivity contribution < 1.29 is 0 Å². The number of nitrogen functional groups attached to an aromatic ring is 1. The normalized spacial score (nSPS) is 14.9. The molecule has 0 radical (unpaired) electrons. The lowest BCUT2D eigenvalue weighted by Gasteiger charge is -2.28. The molecular weight excluding hydrogens is 220 g/mol. The number of rotatable bonds is 1. The van der Waals surface area contributed by atoms with Crippen molar-refractivity contribution in [1.29, 1.82) is 0 Å². The van der Waals surface area contributed by atoms with Crippen LogP contribution in [0.4, 0.5) is 10.8 Å². The first-order valence-electron chi connectivity index (χ1n) is 5.22. The van der Waals surface area contributed by atoms with Gasteiger partial charge in [-0.25, -0.2) is 0 Å². The third-order valence-electron chi connectivity index (χ3n) is 2.92. The van der Waals surface area contributed by atoms with Gasteiger partial charge in [0.2, 0.25) is 5.13 Å². The molecule has 0 saturated heterocycles. The number of hydrogen-bond acceptors (Lipinski definition) is 5. The van der Waals surface area contributed by atoms with Crippen LogP contribution in [-0.2, 0) is 13.0 Å². The molecule has 1 aliphatic heterocycles. The van der Waals surface area contributed by atoms with Gasteiger partial charge < -0.3 is 10.6 Å². The first kappa shape index (κ1) is 9.59. The van der Waals surface area contributed by atoms with Crippen LogP contribution in [0.25, 0.3) is 0 Å². The molecule has 82 valence electrons. The number of nitrogens with two attached hydrogens (primary N) is 1. The van der Waals surface area contributed by atoms with E-state index in [0.29, 0.717) is 0 Å². The third-order valence-corrected chi connectivity index (χ3v) is 3.67. The summed E-state index contributed by atoms with van der Waals surface area (Å²) in [5.41, 5.74) is 11.2. The smallest absolute Gasteiger partial charge is 0.208 e. The Balaban J connectivity index is 1.92. The minimum atomic E-state index is 0.884. The van der Waals surface area contributed by atoms with E-state index in [1.54, 1.807) is 16.8 Å². The standard InChI is InChI=1S/C11H12N4S/c12-10-3-1-2-8-6-15(5-4-9(8)10)11-14-13-7-16-11/h1-3,7H,4-6,12H2. The highest BCUT2D eigenvalue weighted by atomic mass is 32.1. The van der Waals surface area contributed by atoms with Gasteiger partial charge in [0.05, 0.1) is 0 Å². The molecule has 1 aliphatic rings. The molecule has 16 heavy (non-hydrogen) atoms. The van der Waals surface area contributed by atoms with Crippen molar-refractivity contribution in [2.75, 3.05) is 17.2 Å². The van der Waals surface area contributed by atoms with Crippen LogP contribution in [-0.4, -0.2) is 16.7 Å². The van der Waals surface area contributed by atoms with Crippen LogP contribution in [0.5, 0.6) is 0 Å². The highest BCUT2D eigenvalue weighted by molar-refractivity contribution is 7.13. The second-order valence-electron chi connectivity index (χ2n) is 3.88. The summed E-state index contributed by atoms with van der Waals surface area (Å²) in [5, 5.41) is 8.97. The van der Waals surface area contributed by atoms with Gasteiger partial charge in [0, 0.05) is 18.8 Å². The van der Waals surface area contributed by atoms with Crippen LogP contribution >= 0.6 is 11.3 Å². The second-order valence-corrected chi connectivity index (χ2v) is 4.69. The van der Waals surface area contributed by atoms with E-state index in [0.717, 1.165) is 30.3 Å². The van der Waals surface area contributed by atoms with Crippen LogP contribution in [0, 0.1) is 0 Å². The molecule has 4 nitrogen and oxygen atoms in total. The average Bonchev–Trinajstić information content (AvgIpc) is 2.82. The Bertz CT molecular complexity index is 495. The number of benzene rings is 1. The lowest BCUT2D eigenvalue weighted by atomic mass is 9.98. The molecule has 0 saturated carbocycles. The summed E-state index contributed by atoms with van der Waals surface area (Å²) in [6.07, 6.45) is 0.988. The largest absolute Gasteiger partial charge is 0.398 e. The van der Waals surface area contributed by atoms with Gasteiger partial charge in [-0.1, -0.05) is 23.5 Å². The molecule has 2 N–H and O–H groups in total. The molecule has 0 aliphatic carbocycles. The van der Waals surface area contributed by atoms with Crippen molar-refractivity contribution in [3.63, 3.8) is 0 Å². The second kappa shape index (κ2) is 3.75. The Labute approximate surface area is 97.7 Å². The molecule has 0 spiro atoms. The summed E-state index contributed by atoms with van der Waals surface area (Å²) in [5.74, 6) is 0. The Morgan fingerprint density at radius 1 is 1.38 bits per heavy atom. The average molecular weight is 232 g/mol. The van der Waals surface area contributed by atoms with Crippen molar-refractivity contribution in [2.24, 2.45) is 0 Å². The van der Waals surface area contributed by atoms with Crippen LogP contribution in [0.2, 0.25) is 0 Å². The molecule has 1 aromatic carbocycles. The quantitative estimate of drug-likeness (QED) is 0.760. The van der Waals surface area contributed by atoms with Crippen LogP contribution in [0.15, 0.2) is 23.7 Å². The molecule has 0 amide bonds. The van der Waals surface area contributed by atoms with Crippen molar-refractivity contribution in [3.8, 4) is 0 Å². The fourth-order valence-electron chi connectivity index (χ4n) is 2.11. The van der Waals surface area contributed by atoms with Crippen LogP contribution in [0.1, 0.15) is 11.1 Å². The van der Waals surface area contributed by atoms with Gasteiger partial charge in [0.1, 0.15) is 5.51 Å². The SMILES string of the molecule is Nc1cccc2c1CCN(c1nncs1)C2. The number of fused-ring (bicyclic) bond motifs is 1. The minimum Gasteiger partial charge on any atom is -0.398 e. The predicted octanol–water partition coefficient (Wildman–Crippen LogP) is 1.68. The Morgan fingerprint density at radius 2 is 2.31 bits per heavy atom. The molecule has 2 aromatic rings. The van der Waals surface area contributed by atoms with Crippen molar-refractivity contribution >= 4 is 22.2 Å². The van der Waals surface area contributed by atoms with E-state index >= 15 is 0 Å². The Morgan fingerprint density at radius 3 is 3.12 bits per heavy atom. The maximum atomic E-state index is 5.96. The van der Waals surface area contributed by atoms with Crippen molar-refractivity contribution in [1.82, 2.24) is 10.2 Å². The predicted molar refractivity (Wildman–Crippen MR) is 65.5 cm³/mol. The molecule has 0 unspecified atom stereocenters. The van der Waals surface area contributed by atoms with E-state index in [-0.39, 0.29) is 0 Å². The summed E-state index contributed by atoms with van der Waals surface area (Å²) in [6, 6.07) is 6.12. The maximum absolute atomic E-state index is 5.96. The molecule has 0 fully saturated rings. The van der Waals surface area contributed by atoms with Crippen LogP contribution < -0.4 is 10.6 Å². The molecule has 0 atom stereocenters. The van der Waals surface area contributed by atoms with Crippen molar-refractivity contribution in [2.45, 2.75) is 13.0 Å². The van der Waals surface area contributed by atoms with E-state index in [9.17, 15) is 0 Å². The fraction of sp³-hybridized carbons (Fsp3) is 0.273. The van der Waals surface area contributed by atoms with Gasteiger partial charge in [-0.15, -0.1) is 10.2 Å². The molecule has 3 rings (SSSR count). The van der Waals surface area contributed by atoms with Gasteiger partial charge in [0.15, 0.2) is 0 Å². The zero-order valence-electron chi connectivity index (χ0n) is 8.76. The van der Waals surface area contributed by atoms with Gasteiger partial charge in [0.25, 0.3) is 0 Å². The Kier molecular flexibility index (Phi) is 2.25. The number of hydrogen-bond donors (Lipinski definition) is 1. The highest BCUT2D eigenvalue weighted by Crippen LogP contribution is 2.27. The van der Waals surface area contributed by atoms with Gasteiger partial charge in [-0.3, -0.25) is 0 Å². The first-order valence-corrected chi connectivity index (χ1v) is 6.10. The Hall–Kier alpha value is -1.62. The van der Waals surface area contributed by atoms with Gasteiger partial charge in [-0.05, 0) is 23.6 Å². The van der Waals surface area contributed by atoms with Crippen molar-refractivity contribution in [3.05, 3.63) is 34.8 Å². The summed E-state index contributed by atoms with van der Waals surface area (Å²) in [6.45, 7) is 1.85. The number of anilines is 2. The maximum Gasteiger partial charge on any atom is 0.208 e. The van der Waals surface area contributed by atoms with E-state index in [1.807, 2.05) is 12.1 Å². The zero-order valence-corrected chi connectivity index (χ0v) is 9.57. The summed E-state index contributed by atoms with van der Waals surface area (Å²) < 4.78 is 0. The lowest BCUT2D eigenvalue weighted by Crippen LogP contribution is -2.30. The lowest BCUT2D eigenvalue weighted by molar-refractivity contribution is 0.725. The summed E-state index contributed by atoms with van der Waals surface area (Å²) in [7, 11) is 0. The molecule has 2 heterocycles. The van der Waals surface area contributed by atoms with E-state index in [4.69, 9.17) is 5.73 Å². The summed E-state index contributed by atoms with van der Waals surface area (Å²) >= 11 is 1.58. The molecule has 1 aromatic heterocycles. The topological polar surface area (TPSA) is 55.0 Å². The van der Waals surface area contributed by atoms with E-state index in [1.165, 1.54) is 11.1 Å². The molecule has 5 heteroatoms. The fourth-order valence-corrected chi connectivity index (χ4v) is 2.70. The minimum absolute atomic E-state index is 0.884. The van der Waals surface area contributed by atoms with E-state index in [2.05, 4.69) is 21.2 Å². The van der Waals surface area contributed by atoms with Gasteiger partial charge in [-0.2, -0.15) is 0 Å². The third kappa shape index (κ3) is 1.53. The molecule has 0 bridgehead atoms. The number of aromatic nitrogens is 2. The summed E-state index contributed by atoms with van der Waals surface area (Å²) in [4.78, 5) is 2.25. The van der Waals surface area contributed by atoms with E-state index < -0.39 is 0 Å². The first-order chi connectivity index (χ1) is 7.84. The number of nitrogens with zero attached hydrogens (tertiary/aromatic N) is 3.